The lowest BCUT2D eigenvalue weighted by atomic mass is 10.2. The molecule has 0 aromatic heterocycles. The molecule has 0 amide bonds. The van der Waals surface area contributed by atoms with Crippen molar-refractivity contribution in [3.05, 3.63) is 0 Å². The second kappa shape index (κ2) is 2.73. The van der Waals surface area contributed by atoms with Crippen LogP contribution in [0.15, 0.2) is 0 Å². The highest BCUT2D eigenvalue weighted by atomic mass is 16.2. The average molecular weight is 127 g/mol. The average Bonchev–Trinajstić information content (AvgIpc) is 1.78. The number of carbonyl (C=O) groups is 2. The molecule has 0 spiro atoms. The van der Waals surface area contributed by atoms with Gasteiger partial charge in [0, 0.05) is 0 Å². The van der Waals surface area contributed by atoms with E-state index in [-0.39, 0.29) is 5.78 Å². The first kappa shape index (κ1) is 6.42. The Morgan fingerprint density at radius 1 is 1.56 bits per heavy atom. The minimum absolute atomic E-state index is 0.310. The van der Waals surface area contributed by atoms with Crippen LogP contribution in [-0.4, -0.2) is 36.6 Å². The second-order valence-corrected chi connectivity index (χ2v) is 2.21. The van der Waals surface area contributed by atoms with Gasteiger partial charge in [0.1, 0.15) is 0 Å². The molecular formula is C6H9NO2. The monoisotopic (exact) mass is 127 g/mol. The van der Waals surface area contributed by atoms with Gasteiger partial charge >= 0.3 is 0 Å². The maximum Gasteiger partial charge on any atom is 0.209 e. The number of rotatable bonds is 3. The summed E-state index contributed by atoms with van der Waals surface area (Å²) in [5.74, 6) is -0.310. The minimum Gasteiger partial charge on any atom is -0.296 e. The molecule has 0 bridgehead atoms. The molecule has 1 aliphatic rings. The molecule has 0 radical (unpaired) electrons. The summed E-state index contributed by atoms with van der Waals surface area (Å²) in [7, 11) is 0. The zero-order valence-electron chi connectivity index (χ0n) is 5.17. The summed E-state index contributed by atoms with van der Waals surface area (Å²) in [6.07, 6.45) is 1.55. The highest BCUT2D eigenvalue weighted by Gasteiger charge is 2.15. The molecule has 0 unspecified atom stereocenters. The highest BCUT2D eigenvalue weighted by molar-refractivity contribution is 6.25. The predicted octanol–water partition coefficient (Wildman–Crippen LogP) is -0.540. The molecule has 1 heterocycles. The smallest absolute Gasteiger partial charge is 0.209 e. The zero-order valence-corrected chi connectivity index (χ0v) is 5.17. The number of hydrogen-bond donors (Lipinski definition) is 0. The van der Waals surface area contributed by atoms with Crippen molar-refractivity contribution >= 4 is 12.1 Å². The molecule has 0 atom stereocenters. The largest absolute Gasteiger partial charge is 0.296 e. The van der Waals surface area contributed by atoms with Crippen LogP contribution in [0.25, 0.3) is 0 Å². The lowest BCUT2D eigenvalue weighted by molar-refractivity contribution is -0.131. The van der Waals surface area contributed by atoms with Crippen molar-refractivity contribution in [1.82, 2.24) is 4.90 Å². The number of hydrogen-bond acceptors (Lipinski definition) is 3. The first-order valence-electron chi connectivity index (χ1n) is 3.03. The highest BCUT2D eigenvalue weighted by Crippen LogP contribution is 2.03. The molecule has 3 nitrogen and oxygen atoms in total. The van der Waals surface area contributed by atoms with Crippen LogP contribution in [0.1, 0.15) is 6.42 Å². The number of ketones is 1. The van der Waals surface area contributed by atoms with Crippen molar-refractivity contribution in [2.75, 3.05) is 19.6 Å². The third-order valence-electron chi connectivity index (χ3n) is 1.46. The molecule has 0 aromatic rings. The SMILES string of the molecule is O=CC(=O)CN1CCC1. The van der Waals surface area contributed by atoms with E-state index in [2.05, 4.69) is 0 Å². The summed E-state index contributed by atoms with van der Waals surface area (Å²) in [5.41, 5.74) is 0. The van der Waals surface area contributed by atoms with Gasteiger partial charge in [-0.15, -0.1) is 0 Å². The summed E-state index contributed by atoms with van der Waals surface area (Å²) in [4.78, 5) is 22.2. The minimum atomic E-state index is -0.310. The van der Waals surface area contributed by atoms with Gasteiger partial charge in [-0.3, -0.25) is 14.5 Å². The molecule has 1 saturated heterocycles. The quantitative estimate of drug-likeness (QED) is 0.377. The molecule has 3 heteroatoms. The third-order valence-corrected chi connectivity index (χ3v) is 1.46. The molecule has 1 aliphatic heterocycles. The van der Waals surface area contributed by atoms with Gasteiger partial charge in [0.25, 0.3) is 0 Å². The van der Waals surface area contributed by atoms with E-state index < -0.39 is 0 Å². The maximum absolute atomic E-state index is 10.4. The molecule has 1 rings (SSSR count). The Morgan fingerprint density at radius 2 is 2.22 bits per heavy atom. The fourth-order valence-corrected chi connectivity index (χ4v) is 0.797. The lowest BCUT2D eigenvalue weighted by Gasteiger charge is -2.28. The van der Waals surface area contributed by atoms with E-state index in [1.807, 2.05) is 4.90 Å². The van der Waals surface area contributed by atoms with Gasteiger partial charge in [0.05, 0.1) is 6.54 Å². The van der Waals surface area contributed by atoms with Gasteiger partial charge in [-0.1, -0.05) is 0 Å². The summed E-state index contributed by atoms with van der Waals surface area (Å²) in [6, 6.07) is 0. The van der Waals surface area contributed by atoms with Crippen LogP contribution in [0.3, 0.4) is 0 Å². The number of carbonyl (C=O) groups excluding carboxylic acids is 2. The van der Waals surface area contributed by atoms with E-state index in [4.69, 9.17) is 0 Å². The summed E-state index contributed by atoms with van der Waals surface area (Å²) >= 11 is 0. The van der Waals surface area contributed by atoms with E-state index in [9.17, 15) is 9.59 Å². The zero-order chi connectivity index (χ0) is 6.69. The molecule has 9 heavy (non-hydrogen) atoms. The number of likely N-dealkylation sites (tertiary alicyclic amines) is 1. The van der Waals surface area contributed by atoms with Crippen molar-refractivity contribution < 1.29 is 9.59 Å². The molecule has 0 saturated carbocycles. The van der Waals surface area contributed by atoms with E-state index in [1.54, 1.807) is 0 Å². The van der Waals surface area contributed by atoms with Crippen molar-refractivity contribution in [3.8, 4) is 0 Å². The second-order valence-electron chi connectivity index (χ2n) is 2.21. The van der Waals surface area contributed by atoms with Gasteiger partial charge < -0.3 is 0 Å². The Labute approximate surface area is 53.6 Å². The van der Waals surface area contributed by atoms with E-state index in [1.165, 1.54) is 0 Å². The standard InChI is InChI=1S/C6H9NO2/c8-5-6(9)4-7-2-1-3-7/h5H,1-4H2. The Hall–Kier alpha value is -0.700. The number of Topliss-reactive ketones (excluding diaryl/α,β-unsaturated/α-hetero) is 1. The lowest BCUT2D eigenvalue weighted by Crippen LogP contribution is -2.40. The van der Waals surface area contributed by atoms with Crippen LogP contribution in [-0.2, 0) is 9.59 Å². The van der Waals surface area contributed by atoms with Crippen molar-refractivity contribution in [3.63, 3.8) is 0 Å². The van der Waals surface area contributed by atoms with Crippen molar-refractivity contribution in [1.29, 1.82) is 0 Å². The summed E-state index contributed by atoms with van der Waals surface area (Å²) < 4.78 is 0. The third kappa shape index (κ3) is 1.61. The van der Waals surface area contributed by atoms with E-state index >= 15 is 0 Å². The van der Waals surface area contributed by atoms with Gasteiger partial charge in [-0.25, -0.2) is 0 Å². The molecule has 1 fully saturated rings. The first-order valence-corrected chi connectivity index (χ1v) is 3.03. The van der Waals surface area contributed by atoms with Crippen LogP contribution >= 0.6 is 0 Å². The summed E-state index contributed by atoms with van der Waals surface area (Å²) in [6.45, 7) is 2.27. The van der Waals surface area contributed by atoms with Crippen LogP contribution in [0.2, 0.25) is 0 Å². The summed E-state index contributed by atoms with van der Waals surface area (Å²) in [5, 5.41) is 0. The predicted molar refractivity (Wildman–Crippen MR) is 32.1 cm³/mol. The van der Waals surface area contributed by atoms with Crippen LogP contribution < -0.4 is 0 Å². The molecule has 50 valence electrons. The van der Waals surface area contributed by atoms with Crippen molar-refractivity contribution in [2.45, 2.75) is 6.42 Å². The maximum atomic E-state index is 10.4. The Bertz CT molecular complexity index is 129. The number of nitrogens with zero attached hydrogens (tertiary/aromatic N) is 1. The number of aldehydes is 1. The van der Waals surface area contributed by atoms with Crippen LogP contribution in [0.4, 0.5) is 0 Å². The van der Waals surface area contributed by atoms with Gasteiger partial charge in [0.15, 0.2) is 6.29 Å². The Balaban J connectivity index is 2.16. The van der Waals surface area contributed by atoms with E-state index in [0.717, 1.165) is 19.5 Å². The van der Waals surface area contributed by atoms with E-state index in [0.29, 0.717) is 12.8 Å². The van der Waals surface area contributed by atoms with Crippen molar-refractivity contribution in [2.24, 2.45) is 0 Å². The molecule has 0 aromatic carbocycles. The van der Waals surface area contributed by atoms with Gasteiger partial charge in [0.2, 0.25) is 5.78 Å². The molecular weight excluding hydrogens is 118 g/mol. The molecule has 0 N–H and O–H groups in total. The van der Waals surface area contributed by atoms with Gasteiger partial charge in [-0.2, -0.15) is 0 Å². The van der Waals surface area contributed by atoms with Crippen LogP contribution in [0, 0.1) is 0 Å². The first-order chi connectivity index (χ1) is 4.33. The fourth-order valence-electron chi connectivity index (χ4n) is 0.797. The normalized spacial score (nSPS) is 18.7. The molecule has 0 aliphatic carbocycles. The topological polar surface area (TPSA) is 37.4 Å². The van der Waals surface area contributed by atoms with Gasteiger partial charge in [-0.05, 0) is 19.5 Å². The Kier molecular flexibility index (Phi) is 1.95. The van der Waals surface area contributed by atoms with Crippen LogP contribution in [0.5, 0.6) is 0 Å². The fraction of sp³-hybridized carbons (Fsp3) is 0.667. The Morgan fingerprint density at radius 3 is 2.56 bits per heavy atom.